The zero-order valence-corrected chi connectivity index (χ0v) is 12.6. The smallest absolute Gasteiger partial charge is 0.262 e. The fourth-order valence-corrected chi connectivity index (χ4v) is 3.15. The number of nitrogens with one attached hydrogen (secondary N) is 1. The molecule has 0 saturated carbocycles. The van der Waals surface area contributed by atoms with Crippen molar-refractivity contribution in [2.45, 2.75) is 4.90 Å². The van der Waals surface area contributed by atoms with Crippen molar-refractivity contribution in [3.63, 3.8) is 0 Å². The van der Waals surface area contributed by atoms with E-state index in [0.29, 0.717) is 21.7 Å². The standard InChI is InChI=1S/C13H11ClN4O2S/c1-18-8-10(7-15-18)17-21(19,20)11-3-4-12-9(6-11)2-5-13(14)16-12/h2-8,17H,1H3. The van der Waals surface area contributed by atoms with Crippen molar-refractivity contribution in [2.24, 2.45) is 7.05 Å². The third-order valence-electron chi connectivity index (χ3n) is 2.89. The molecule has 0 aliphatic rings. The van der Waals surface area contributed by atoms with Gasteiger partial charge in [-0.1, -0.05) is 11.6 Å². The van der Waals surface area contributed by atoms with E-state index in [1.54, 1.807) is 37.5 Å². The van der Waals surface area contributed by atoms with Crippen molar-refractivity contribution in [2.75, 3.05) is 4.72 Å². The minimum Gasteiger partial charge on any atom is -0.276 e. The molecular weight excluding hydrogens is 312 g/mol. The number of aryl methyl sites for hydroxylation is 1. The summed E-state index contributed by atoms with van der Waals surface area (Å²) in [4.78, 5) is 4.28. The SMILES string of the molecule is Cn1cc(NS(=O)(=O)c2ccc3nc(Cl)ccc3c2)cn1. The van der Waals surface area contributed by atoms with Crippen molar-refractivity contribution in [1.29, 1.82) is 0 Å². The monoisotopic (exact) mass is 322 g/mol. The number of anilines is 1. The van der Waals surface area contributed by atoms with Gasteiger partial charge in [0.15, 0.2) is 0 Å². The van der Waals surface area contributed by atoms with Crippen LogP contribution in [-0.2, 0) is 17.1 Å². The Balaban J connectivity index is 2.00. The van der Waals surface area contributed by atoms with Crippen LogP contribution in [0.2, 0.25) is 5.15 Å². The maximum Gasteiger partial charge on any atom is 0.262 e. The number of benzene rings is 1. The Bertz CT molecular complexity index is 921. The summed E-state index contributed by atoms with van der Waals surface area (Å²) >= 11 is 5.81. The first-order chi connectivity index (χ1) is 9.94. The second kappa shape index (κ2) is 5.01. The number of hydrogen-bond donors (Lipinski definition) is 1. The summed E-state index contributed by atoms with van der Waals surface area (Å²) in [5.74, 6) is 0. The van der Waals surface area contributed by atoms with Gasteiger partial charge in [0.25, 0.3) is 10.0 Å². The molecule has 108 valence electrons. The van der Waals surface area contributed by atoms with E-state index in [9.17, 15) is 8.42 Å². The Morgan fingerprint density at radius 1 is 1.24 bits per heavy atom. The number of fused-ring (bicyclic) bond motifs is 1. The second-order valence-electron chi connectivity index (χ2n) is 4.50. The molecule has 0 radical (unpaired) electrons. The zero-order chi connectivity index (χ0) is 15.0. The first kappa shape index (κ1) is 13.8. The van der Waals surface area contributed by atoms with Crippen LogP contribution in [0.5, 0.6) is 0 Å². The van der Waals surface area contributed by atoms with Gasteiger partial charge in [0.05, 0.1) is 22.3 Å². The number of pyridine rings is 1. The van der Waals surface area contributed by atoms with Crippen LogP contribution in [0, 0.1) is 0 Å². The molecule has 0 aliphatic carbocycles. The summed E-state index contributed by atoms with van der Waals surface area (Å²) in [5.41, 5.74) is 1.05. The number of hydrogen-bond acceptors (Lipinski definition) is 4. The molecule has 1 N–H and O–H groups in total. The van der Waals surface area contributed by atoms with Gasteiger partial charge < -0.3 is 0 Å². The number of halogens is 1. The van der Waals surface area contributed by atoms with E-state index in [-0.39, 0.29) is 4.90 Å². The zero-order valence-electron chi connectivity index (χ0n) is 11.0. The lowest BCUT2D eigenvalue weighted by molar-refractivity contribution is 0.601. The summed E-state index contributed by atoms with van der Waals surface area (Å²) < 4.78 is 28.6. The molecular formula is C13H11ClN4O2S. The van der Waals surface area contributed by atoms with Crippen molar-refractivity contribution >= 4 is 38.2 Å². The molecule has 2 aromatic heterocycles. The topological polar surface area (TPSA) is 76.9 Å². The number of rotatable bonds is 3. The highest BCUT2D eigenvalue weighted by Crippen LogP contribution is 2.21. The molecule has 0 bridgehead atoms. The van der Waals surface area contributed by atoms with Gasteiger partial charge in [0, 0.05) is 18.6 Å². The Hall–Kier alpha value is -2.12. The first-order valence-corrected chi connectivity index (χ1v) is 7.88. The third-order valence-corrected chi connectivity index (χ3v) is 4.48. The van der Waals surface area contributed by atoms with Crippen LogP contribution in [0.1, 0.15) is 0 Å². The van der Waals surface area contributed by atoms with Crippen LogP contribution in [-0.4, -0.2) is 23.2 Å². The van der Waals surface area contributed by atoms with E-state index in [4.69, 9.17) is 11.6 Å². The van der Waals surface area contributed by atoms with Crippen LogP contribution in [0.15, 0.2) is 47.6 Å². The van der Waals surface area contributed by atoms with Crippen molar-refractivity contribution in [3.8, 4) is 0 Å². The second-order valence-corrected chi connectivity index (χ2v) is 6.57. The lowest BCUT2D eigenvalue weighted by atomic mass is 10.2. The normalized spacial score (nSPS) is 11.7. The average molecular weight is 323 g/mol. The Morgan fingerprint density at radius 2 is 2.05 bits per heavy atom. The van der Waals surface area contributed by atoms with Gasteiger partial charge >= 0.3 is 0 Å². The molecule has 0 unspecified atom stereocenters. The van der Waals surface area contributed by atoms with Crippen LogP contribution in [0.4, 0.5) is 5.69 Å². The quantitative estimate of drug-likeness (QED) is 0.751. The van der Waals surface area contributed by atoms with E-state index in [1.807, 2.05) is 0 Å². The molecule has 0 saturated heterocycles. The van der Waals surface area contributed by atoms with Crippen molar-refractivity contribution in [3.05, 3.63) is 47.9 Å². The summed E-state index contributed by atoms with van der Waals surface area (Å²) in [5, 5.41) is 4.99. The molecule has 0 amide bonds. The van der Waals surface area contributed by atoms with E-state index in [0.717, 1.165) is 0 Å². The highest BCUT2D eigenvalue weighted by Gasteiger charge is 2.15. The van der Waals surface area contributed by atoms with Gasteiger partial charge in [-0.15, -0.1) is 0 Å². The van der Waals surface area contributed by atoms with Crippen LogP contribution < -0.4 is 4.72 Å². The predicted octanol–water partition coefficient (Wildman–Crippen LogP) is 2.42. The summed E-state index contributed by atoms with van der Waals surface area (Å²) in [7, 11) is -1.95. The first-order valence-electron chi connectivity index (χ1n) is 6.02. The number of aromatic nitrogens is 3. The van der Waals surface area contributed by atoms with Gasteiger partial charge in [0.1, 0.15) is 5.15 Å². The molecule has 1 aromatic carbocycles. The van der Waals surface area contributed by atoms with E-state index in [2.05, 4.69) is 14.8 Å². The molecule has 0 fully saturated rings. The van der Waals surface area contributed by atoms with Crippen LogP contribution in [0.25, 0.3) is 10.9 Å². The minimum atomic E-state index is -3.67. The molecule has 0 spiro atoms. The molecule has 0 aliphatic heterocycles. The lowest BCUT2D eigenvalue weighted by Gasteiger charge is -2.07. The van der Waals surface area contributed by atoms with Gasteiger partial charge in [-0.2, -0.15) is 5.10 Å². The maximum absolute atomic E-state index is 12.3. The van der Waals surface area contributed by atoms with Crippen molar-refractivity contribution in [1.82, 2.24) is 14.8 Å². The fraction of sp³-hybridized carbons (Fsp3) is 0.0769. The number of sulfonamides is 1. The molecule has 6 nitrogen and oxygen atoms in total. The van der Waals surface area contributed by atoms with E-state index in [1.165, 1.54) is 16.9 Å². The Kier molecular flexibility index (Phi) is 3.30. The third kappa shape index (κ3) is 2.84. The van der Waals surface area contributed by atoms with Gasteiger partial charge in [0.2, 0.25) is 0 Å². The van der Waals surface area contributed by atoms with E-state index >= 15 is 0 Å². The molecule has 8 heteroatoms. The Morgan fingerprint density at radius 3 is 2.76 bits per heavy atom. The maximum atomic E-state index is 12.3. The van der Waals surface area contributed by atoms with Crippen molar-refractivity contribution < 1.29 is 8.42 Å². The number of nitrogens with zero attached hydrogens (tertiary/aromatic N) is 3. The van der Waals surface area contributed by atoms with Gasteiger partial charge in [-0.3, -0.25) is 9.40 Å². The highest BCUT2D eigenvalue weighted by molar-refractivity contribution is 7.92. The Labute approximate surface area is 126 Å². The van der Waals surface area contributed by atoms with Crippen LogP contribution in [0.3, 0.4) is 0 Å². The average Bonchev–Trinajstić information content (AvgIpc) is 2.82. The minimum absolute atomic E-state index is 0.156. The lowest BCUT2D eigenvalue weighted by Crippen LogP contribution is -2.12. The molecule has 21 heavy (non-hydrogen) atoms. The predicted molar refractivity (Wildman–Crippen MR) is 80.8 cm³/mol. The highest BCUT2D eigenvalue weighted by atomic mass is 35.5. The van der Waals surface area contributed by atoms with Gasteiger partial charge in [-0.25, -0.2) is 13.4 Å². The van der Waals surface area contributed by atoms with Gasteiger partial charge in [-0.05, 0) is 30.3 Å². The van der Waals surface area contributed by atoms with E-state index < -0.39 is 10.0 Å². The van der Waals surface area contributed by atoms with Crippen LogP contribution >= 0.6 is 11.6 Å². The summed E-state index contributed by atoms with van der Waals surface area (Å²) in [6.07, 6.45) is 3.03. The summed E-state index contributed by atoms with van der Waals surface area (Å²) in [6, 6.07) is 8.02. The molecule has 3 rings (SSSR count). The molecule has 2 heterocycles. The fourth-order valence-electron chi connectivity index (χ4n) is 1.93. The largest absolute Gasteiger partial charge is 0.276 e. The molecule has 0 atom stereocenters. The summed E-state index contributed by atoms with van der Waals surface area (Å²) in [6.45, 7) is 0. The molecule has 3 aromatic rings.